The van der Waals surface area contributed by atoms with Gasteiger partial charge in [-0.05, 0) is 49.8 Å². The Morgan fingerprint density at radius 1 is 1.07 bits per heavy atom. The number of carbonyl (C=O) groups is 1. The second-order valence-corrected chi connectivity index (χ2v) is 6.95. The van der Waals surface area contributed by atoms with Gasteiger partial charge in [0, 0.05) is 11.6 Å². The molecule has 0 saturated heterocycles. The molecular formula is C20H20O7. The minimum absolute atomic E-state index is 0.00627. The number of ketones is 1. The van der Waals surface area contributed by atoms with Crippen molar-refractivity contribution in [3.8, 4) is 23.0 Å². The van der Waals surface area contributed by atoms with Crippen molar-refractivity contribution in [2.24, 2.45) is 0 Å². The number of benzene rings is 2. The Kier molecular flexibility index (Phi) is 4.59. The van der Waals surface area contributed by atoms with E-state index < -0.39 is 23.6 Å². The lowest BCUT2D eigenvalue weighted by molar-refractivity contribution is -0.112. The van der Waals surface area contributed by atoms with Gasteiger partial charge in [0.1, 0.15) is 29.3 Å². The number of carbonyl (C=O) groups excluding carboxylic acids is 1. The van der Waals surface area contributed by atoms with E-state index in [1.54, 1.807) is 13.8 Å². The number of allylic oxidation sites excluding steroid dienone is 1. The monoisotopic (exact) mass is 372 g/mol. The molecule has 0 radical (unpaired) electrons. The average Bonchev–Trinajstić information content (AvgIpc) is 2.59. The maximum absolute atomic E-state index is 12.2. The van der Waals surface area contributed by atoms with Gasteiger partial charge in [0.2, 0.25) is 0 Å². The molecule has 2 aromatic rings. The Labute approximate surface area is 155 Å². The zero-order valence-electron chi connectivity index (χ0n) is 14.7. The first-order chi connectivity index (χ1) is 12.6. The molecule has 7 heteroatoms. The molecule has 0 amide bonds. The number of fused-ring (bicyclic) bond motifs is 1. The summed E-state index contributed by atoms with van der Waals surface area (Å²) in [5.74, 6) is -1.18. The maximum atomic E-state index is 12.2. The van der Waals surface area contributed by atoms with Crippen LogP contribution >= 0.6 is 0 Å². The third-order valence-electron chi connectivity index (χ3n) is 4.49. The van der Waals surface area contributed by atoms with Crippen molar-refractivity contribution in [1.82, 2.24) is 0 Å². The first-order valence-electron chi connectivity index (χ1n) is 8.26. The first-order valence-corrected chi connectivity index (χ1v) is 8.26. The summed E-state index contributed by atoms with van der Waals surface area (Å²) in [7, 11) is 0. The molecule has 3 rings (SSSR count). The number of aliphatic hydroxyl groups excluding tert-OH is 2. The molecule has 0 aromatic heterocycles. The van der Waals surface area contributed by atoms with E-state index in [0.29, 0.717) is 5.56 Å². The van der Waals surface area contributed by atoms with Crippen LogP contribution in [0.25, 0.3) is 6.08 Å². The molecule has 2 atom stereocenters. The Morgan fingerprint density at radius 2 is 1.78 bits per heavy atom. The largest absolute Gasteiger partial charge is 0.508 e. The zero-order valence-corrected chi connectivity index (χ0v) is 14.7. The van der Waals surface area contributed by atoms with E-state index >= 15 is 0 Å². The number of phenols is 3. The fraction of sp³-hybridized carbons (Fsp3) is 0.250. The predicted molar refractivity (Wildman–Crippen MR) is 96.9 cm³/mol. The van der Waals surface area contributed by atoms with Crippen LogP contribution in [0, 0.1) is 0 Å². The van der Waals surface area contributed by atoms with Gasteiger partial charge in [-0.3, -0.25) is 4.79 Å². The quantitative estimate of drug-likeness (QED) is 0.413. The van der Waals surface area contributed by atoms with Gasteiger partial charge >= 0.3 is 0 Å². The highest BCUT2D eigenvalue weighted by molar-refractivity contribution is 6.08. The molecular weight excluding hydrogens is 352 g/mol. The SMILES string of the molecule is CC1(C)Oc2c(O)cc(C=CC(=O)c3ccc(O)cc3O)cc2[C@H](O)[C@@H]1O. The predicted octanol–water partition coefficient (Wildman–Crippen LogP) is 2.26. The number of hydrogen-bond acceptors (Lipinski definition) is 7. The van der Waals surface area contributed by atoms with Crippen LogP contribution in [-0.4, -0.2) is 43.0 Å². The Balaban J connectivity index is 1.92. The van der Waals surface area contributed by atoms with E-state index in [9.17, 15) is 30.3 Å². The van der Waals surface area contributed by atoms with Crippen LogP contribution in [-0.2, 0) is 0 Å². The van der Waals surface area contributed by atoms with Crippen molar-refractivity contribution in [2.75, 3.05) is 0 Å². The third kappa shape index (κ3) is 3.47. The molecule has 0 saturated carbocycles. The molecule has 5 N–H and O–H groups in total. The first kappa shape index (κ1) is 18.8. The number of ether oxygens (including phenoxy) is 1. The molecule has 0 bridgehead atoms. The van der Waals surface area contributed by atoms with Gasteiger partial charge in [-0.15, -0.1) is 0 Å². The number of aliphatic hydroxyl groups is 2. The van der Waals surface area contributed by atoms with Gasteiger partial charge in [-0.2, -0.15) is 0 Å². The molecule has 1 heterocycles. The van der Waals surface area contributed by atoms with Crippen LogP contribution < -0.4 is 4.74 Å². The number of aromatic hydroxyl groups is 3. The van der Waals surface area contributed by atoms with Crippen LogP contribution in [0.5, 0.6) is 23.0 Å². The molecule has 0 aliphatic carbocycles. The van der Waals surface area contributed by atoms with Gasteiger partial charge in [0.15, 0.2) is 17.3 Å². The second kappa shape index (κ2) is 6.61. The molecule has 2 aromatic carbocycles. The maximum Gasteiger partial charge on any atom is 0.189 e. The summed E-state index contributed by atoms with van der Waals surface area (Å²) >= 11 is 0. The van der Waals surface area contributed by atoms with Crippen LogP contribution in [0.4, 0.5) is 0 Å². The highest BCUT2D eigenvalue weighted by Gasteiger charge is 2.43. The van der Waals surface area contributed by atoms with E-state index in [1.165, 1.54) is 36.4 Å². The highest BCUT2D eigenvalue weighted by atomic mass is 16.5. The van der Waals surface area contributed by atoms with Crippen LogP contribution in [0.15, 0.2) is 36.4 Å². The Morgan fingerprint density at radius 3 is 2.44 bits per heavy atom. The molecule has 1 aliphatic rings. The third-order valence-corrected chi connectivity index (χ3v) is 4.49. The van der Waals surface area contributed by atoms with Crippen molar-refractivity contribution < 1.29 is 35.1 Å². The molecule has 0 fully saturated rings. The van der Waals surface area contributed by atoms with Crippen LogP contribution in [0.1, 0.15) is 41.4 Å². The summed E-state index contributed by atoms with van der Waals surface area (Å²) < 4.78 is 5.60. The standard InChI is InChI=1S/C20H20O7/c1-20(2)19(26)17(25)13-7-10(8-16(24)18(13)27-20)3-6-14(22)12-5-4-11(21)9-15(12)23/h3-9,17,19,21,23-26H,1-2H3/t17-,19-/m0/s1. The average molecular weight is 372 g/mol. The lowest BCUT2D eigenvalue weighted by Gasteiger charge is -2.40. The van der Waals surface area contributed by atoms with Gasteiger partial charge in [0.25, 0.3) is 0 Å². The Bertz CT molecular complexity index is 930. The molecule has 0 spiro atoms. The van der Waals surface area contributed by atoms with Crippen LogP contribution in [0.2, 0.25) is 0 Å². The summed E-state index contributed by atoms with van der Waals surface area (Å²) in [6.07, 6.45) is 0.121. The lowest BCUT2D eigenvalue weighted by atomic mass is 9.87. The topological polar surface area (TPSA) is 127 Å². The van der Waals surface area contributed by atoms with E-state index in [-0.39, 0.29) is 34.1 Å². The minimum Gasteiger partial charge on any atom is -0.508 e. The summed E-state index contributed by atoms with van der Waals surface area (Å²) in [6, 6.07) is 6.49. The lowest BCUT2D eigenvalue weighted by Crippen LogP contribution is -2.48. The smallest absolute Gasteiger partial charge is 0.189 e. The van der Waals surface area contributed by atoms with Crippen molar-refractivity contribution in [1.29, 1.82) is 0 Å². The van der Waals surface area contributed by atoms with Gasteiger partial charge < -0.3 is 30.3 Å². The molecule has 0 unspecified atom stereocenters. The molecule has 7 nitrogen and oxygen atoms in total. The molecule has 142 valence electrons. The van der Waals surface area contributed by atoms with Crippen molar-refractivity contribution in [3.05, 3.63) is 53.1 Å². The fourth-order valence-electron chi connectivity index (χ4n) is 2.95. The molecule has 27 heavy (non-hydrogen) atoms. The zero-order chi connectivity index (χ0) is 19.9. The normalized spacial score (nSPS) is 20.9. The highest BCUT2D eigenvalue weighted by Crippen LogP contribution is 2.45. The molecule has 1 aliphatic heterocycles. The van der Waals surface area contributed by atoms with Crippen LogP contribution in [0.3, 0.4) is 0 Å². The van der Waals surface area contributed by atoms with Crippen molar-refractivity contribution >= 4 is 11.9 Å². The van der Waals surface area contributed by atoms with Gasteiger partial charge in [0.05, 0.1) is 5.56 Å². The van der Waals surface area contributed by atoms with Gasteiger partial charge in [-0.25, -0.2) is 0 Å². The summed E-state index contributed by atoms with van der Waals surface area (Å²) in [4.78, 5) is 12.2. The van der Waals surface area contributed by atoms with Gasteiger partial charge in [-0.1, -0.05) is 6.08 Å². The fourth-order valence-corrected chi connectivity index (χ4v) is 2.95. The van der Waals surface area contributed by atoms with E-state index in [1.807, 2.05) is 0 Å². The summed E-state index contributed by atoms with van der Waals surface area (Å²) in [6.45, 7) is 3.19. The van der Waals surface area contributed by atoms with E-state index in [4.69, 9.17) is 4.74 Å². The summed E-state index contributed by atoms with van der Waals surface area (Å²) in [5.41, 5.74) is -0.464. The number of rotatable bonds is 3. The number of hydrogen-bond donors (Lipinski definition) is 5. The minimum atomic E-state index is -1.26. The summed E-state index contributed by atoms with van der Waals surface area (Å²) in [5, 5.41) is 49.8. The van der Waals surface area contributed by atoms with E-state index in [0.717, 1.165) is 6.07 Å². The van der Waals surface area contributed by atoms with Crippen molar-refractivity contribution in [2.45, 2.75) is 31.7 Å². The Hall–Kier alpha value is -3.03. The van der Waals surface area contributed by atoms with E-state index in [2.05, 4.69) is 0 Å². The van der Waals surface area contributed by atoms with Crippen molar-refractivity contribution in [3.63, 3.8) is 0 Å². The number of phenolic OH excluding ortho intramolecular Hbond substituents is 3. The second-order valence-electron chi connectivity index (χ2n) is 6.95.